The summed E-state index contributed by atoms with van der Waals surface area (Å²) in [6.45, 7) is 0. The van der Waals surface area contributed by atoms with Crippen molar-refractivity contribution in [3.8, 4) is 0 Å². The van der Waals surface area contributed by atoms with Crippen LogP contribution < -0.4 is 0 Å². The van der Waals surface area contributed by atoms with Crippen molar-refractivity contribution in [2.24, 2.45) is 4.99 Å². The van der Waals surface area contributed by atoms with Crippen LogP contribution >= 0.6 is 0 Å². The molecule has 0 saturated heterocycles. The van der Waals surface area contributed by atoms with Crippen LogP contribution in [0.1, 0.15) is 11.1 Å². The van der Waals surface area contributed by atoms with E-state index >= 15 is 0 Å². The van der Waals surface area contributed by atoms with Crippen LogP contribution in [0.5, 0.6) is 0 Å². The van der Waals surface area contributed by atoms with Gasteiger partial charge in [0.15, 0.2) is 0 Å². The molecule has 0 radical (unpaired) electrons. The number of nitrogens with one attached hydrogen (secondary N) is 2. The first-order valence-corrected chi connectivity index (χ1v) is 3.13. The summed E-state index contributed by atoms with van der Waals surface area (Å²) in [6.07, 6.45) is 6.19. The Morgan fingerprint density at radius 3 is 3.30 bits per heavy atom. The molecule has 0 bridgehead atoms. The van der Waals surface area contributed by atoms with Crippen molar-refractivity contribution in [2.45, 2.75) is 6.42 Å². The van der Waals surface area contributed by atoms with Crippen LogP contribution in [0.15, 0.2) is 17.4 Å². The highest BCUT2D eigenvalue weighted by atomic mass is 14.8. The quantitative estimate of drug-likeness (QED) is 0.530. The van der Waals surface area contributed by atoms with Gasteiger partial charge >= 0.3 is 0 Å². The maximum atomic E-state index is 7.25. The van der Waals surface area contributed by atoms with Gasteiger partial charge in [-0.05, 0) is 5.56 Å². The average Bonchev–Trinajstić information content (AvgIpc) is 2.33. The van der Waals surface area contributed by atoms with Crippen molar-refractivity contribution in [3.63, 3.8) is 0 Å². The first-order chi connectivity index (χ1) is 4.86. The van der Waals surface area contributed by atoms with Crippen molar-refractivity contribution in [1.82, 2.24) is 4.98 Å². The molecule has 2 N–H and O–H groups in total. The summed E-state index contributed by atoms with van der Waals surface area (Å²) in [4.78, 5) is 6.85. The van der Waals surface area contributed by atoms with E-state index in [1.54, 1.807) is 6.21 Å². The van der Waals surface area contributed by atoms with E-state index in [4.69, 9.17) is 5.41 Å². The number of amidine groups is 1. The smallest absolute Gasteiger partial charge is 0.124 e. The summed E-state index contributed by atoms with van der Waals surface area (Å²) < 4.78 is 0. The summed E-state index contributed by atoms with van der Waals surface area (Å²) >= 11 is 0. The molecule has 1 aromatic heterocycles. The normalized spacial score (nSPS) is 15.4. The van der Waals surface area contributed by atoms with Gasteiger partial charge in [0.25, 0.3) is 0 Å². The third kappa shape index (κ3) is 0.673. The van der Waals surface area contributed by atoms with Crippen LogP contribution in [0.4, 0.5) is 0 Å². The third-order valence-corrected chi connectivity index (χ3v) is 1.58. The summed E-state index contributed by atoms with van der Waals surface area (Å²) in [5.41, 5.74) is 2.27. The SMILES string of the molecule is N=C1Cc2c[nH]cc2C=N1. The molecule has 0 spiro atoms. The van der Waals surface area contributed by atoms with Crippen molar-refractivity contribution in [3.05, 3.63) is 23.5 Å². The Balaban J connectivity index is 2.52. The molecule has 0 atom stereocenters. The van der Waals surface area contributed by atoms with E-state index in [-0.39, 0.29) is 0 Å². The first kappa shape index (κ1) is 5.41. The second-order valence-corrected chi connectivity index (χ2v) is 2.32. The van der Waals surface area contributed by atoms with E-state index in [0.29, 0.717) is 12.3 Å². The number of hydrogen-bond donors (Lipinski definition) is 2. The molecule has 0 aliphatic carbocycles. The van der Waals surface area contributed by atoms with Gasteiger partial charge in [-0.15, -0.1) is 0 Å². The van der Waals surface area contributed by atoms with Crippen molar-refractivity contribution >= 4 is 12.1 Å². The molecular weight excluding hydrogens is 126 g/mol. The van der Waals surface area contributed by atoms with Crippen molar-refractivity contribution in [1.29, 1.82) is 5.41 Å². The molecule has 1 aliphatic heterocycles. The molecule has 1 aliphatic rings. The first-order valence-electron chi connectivity index (χ1n) is 3.13. The van der Waals surface area contributed by atoms with Crippen LogP contribution in [0.25, 0.3) is 0 Å². The highest BCUT2D eigenvalue weighted by Crippen LogP contribution is 2.10. The van der Waals surface area contributed by atoms with Crippen LogP contribution in [0.2, 0.25) is 0 Å². The lowest BCUT2D eigenvalue weighted by Gasteiger charge is -2.02. The van der Waals surface area contributed by atoms with Crippen LogP contribution in [0, 0.1) is 5.41 Å². The zero-order valence-corrected chi connectivity index (χ0v) is 5.39. The fourth-order valence-electron chi connectivity index (χ4n) is 1.05. The molecule has 3 heteroatoms. The highest BCUT2D eigenvalue weighted by Gasteiger charge is 2.08. The van der Waals surface area contributed by atoms with Crippen LogP contribution in [-0.2, 0) is 6.42 Å². The number of aromatic amines is 1. The monoisotopic (exact) mass is 133 g/mol. The summed E-state index contributed by atoms with van der Waals surface area (Å²) in [5.74, 6) is 0.437. The number of rotatable bonds is 0. The number of aliphatic imine (C=N–C) groups is 1. The Hall–Kier alpha value is -1.38. The van der Waals surface area contributed by atoms with Crippen molar-refractivity contribution < 1.29 is 0 Å². The second-order valence-electron chi connectivity index (χ2n) is 2.32. The lowest BCUT2D eigenvalue weighted by molar-refractivity contribution is 1.23. The Morgan fingerprint density at radius 2 is 2.40 bits per heavy atom. The van der Waals surface area contributed by atoms with E-state index < -0.39 is 0 Å². The Labute approximate surface area is 58.3 Å². The zero-order chi connectivity index (χ0) is 6.97. The second kappa shape index (κ2) is 1.80. The number of nitrogens with zero attached hydrogens (tertiary/aromatic N) is 1. The molecular formula is C7H7N3. The van der Waals surface area contributed by atoms with Gasteiger partial charge in [-0.1, -0.05) is 0 Å². The largest absolute Gasteiger partial charge is 0.367 e. The molecule has 0 amide bonds. The molecule has 10 heavy (non-hydrogen) atoms. The van der Waals surface area contributed by atoms with Gasteiger partial charge in [-0.25, -0.2) is 4.99 Å². The third-order valence-electron chi connectivity index (χ3n) is 1.58. The topological polar surface area (TPSA) is 52.0 Å². The van der Waals surface area contributed by atoms with Gasteiger partial charge in [0.1, 0.15) is 5.84 Å². The Morgan fingerprint density at radius 1 is 1.50 bits per heavy atom. The number of fused-ring (bicyclic) bond motifs is 1. The number of aromatic nitrogens is 1. The summed E-state index contributed by atoms with van der Waals surface area (Å²) in [6, 6.07) is 0. The zero-order valence-electron chi connectivity index (χ0n) is 5.39. The van der Waals surface area contributed by atoms with E-state index in [2.05, 4.69) is 9.98 Å². The predicted octanol–water partition coefficient (Wildman–Crippen LogP) is 0.967. The molecule has 0 fully saturated rings. The summed E-state index contributed by atoms with van der Waals surface area (Å²) in [7, 11) is 0. The van der Waals surface area contributed by atoms with Crippen LogP contribution in [0.3, 0.4) is 0 Å². The minimum atomic E-state index is 0.437. The van der Waals surface area contributed by atoms with Gasteiger partial charge in [0, 0.05) is 30.6 Å². The molecule has 1 aromatic rings. The van der Waals surface area contributed by atoms with E-state index in [0.717, 1.165) is 5.56 Å². The van der Waals surface area contributed by atoms with Crippen LogP contribution in [-0.4, -0.2) is 17.0 Å². The van der Waals surface area contributed by atoms with Gasteiger partial charge in [0.05, 0.1) is 0 Å². The van der Waals surface area contributed by atoms with Gasteiger partial charge in [0.2, 0.25) is 0 Å². The molecule has 0 aromatic carbocycles. The van der Waals surface area contributed by atoms with E-state index in [9.17, 15) is 0 Å². The summed E-state index contributed by atoms with van der Waals surface area (Å²) in [5, 5.41) is 7.25. The molecule has 2 heterocycles. The average molecular weight is 133 g/mol. The Kier molecular flexibility index (Phi) is 0.974. The van der Waals surface area contributed by atoms with E-state index in [1.807, 2.05) is 12.4 Å². The lowest BCUT2D eigenvalue weighted by Crippen LogP contribution is -2.05. The van der Waals surface area contributed by atoms with E-state index in [1.165, 1.54) is 5.56 Å². The van der Waals surface area contributed by atoms with Gasteiger partial charge in [-0.2, -0.15) is 0 Å². The molecule has 0 saturated carbocycles. The maximum absolute atomic E-state index is 7.25. The fraction of sp³-hybridized carbons (Fsp3) is 0.143. The highest BCUT2D eigenvalue weighted by molar-refractivity contribution is 5.99. The standard InChI is InChI=1S/C7H7N3/c8-7-1-5-2-9-3-6(5)4-10-7/h2-4,8-9H,1H2. The molecule has 50 valence electrons. The Bertz CT molecular complexity index is 296. The lowest BCUT2D eigenvalue weighted by atomic mass is 10.1. The van der Waals surface area contributed by atoms with Gasteiger partial charge in [-0.3, -0.25) is 5.41 Å². The number of H-pyrrole nitrogens is 1. The molecule has 3 nitrogen and oxygen atoms in total. The maximum Gasteiger partial charge on any atom is 0.124 e. The minimum Gasteiger partial charge on any atom is -0.367 e. The minimum absolute atomic E-state index is 0.437. The number of hydrogen-bond acceptors (Lipinski definition) is 1. The molecule has 2 rings (SSSR count). The predicted molar refractivity (Wildman–Crippen MR) is 39.8 cm³/mol. The fourth-order valence-corrected chi connectivity index (χ4v) is 1.05. The van der Waals surface area contributed by atoms with Crippen molar-refractivity contribution in [2.75, 3.05) is 0 Å². The molecule has 0 unspecified atom stereocenters. The van der Waals surface area contributed by atoms with Gasteiger partial charge < -0.3 is 4.98 Å².